The molecule has 1 amide bonds. The van der Waals surface area contributed by atoms with E-state index in [9.17, 15) is 15.0 Å². The number of azo groups is 1. The average Bonchev–Trinajstić information content (AvgIpc) is 3.06. The van der Waals surface area contributed by atoms with Crippen LogP contribution in [0.4, 0.5) is 17.1 Å². The van der Waals surface area contributed by atoms with Crippen LogP contribution in [0.2, 0.25) is 0 Å². The highest BCUT2D eigenvalue weighted by molar-refractivity contribution is 7.80. The van der Waals surface area contributed by atoms with Gasteiger partial charge in [-0.25, -0.2) is 0 Å². The van der Waals surface area contributed by atoms with E-state index in [1.165, 1.54) is 12.1 Å². The maximum absolute atomic E-state index is 12.6. The Labute approximate surface area is 188 Å². The molecule has 166 valence electrons. The molecule has 0 unspecified atom stereocenters. The van der Waals surface area contributed by atoms with Crippen LogP contribution in [-0.2, 0) is 6.54 Å². The number of carbonyl (C=O) groups excluding carboxylic acids is 1. The molecule has 3 aromatic rings. The maximum atomic E-state index is 12.6. The number of aromatic nitrogens is 1. The fourth-order valence-corrected chi connectivity index (χ4v) is 2.99. The van der Waals surface area contributed by atoms with Gasteiger partial charge in [-0.3, -0.25) is 9.36 Å². The summed E-state index contributed by atoms with van der Waals surface area (Å²) in [7, 11) is 1.56. The molecule has 0 aliphatic heterocycles. The van der Waals surface area contributed by atoms with E-state index in [1.807, 2.05) is 0 Å². The first-order valence-electron chi connectivity index (χ1n) is 9.42. The number of carbonyl (C=O) groups is 1. The summed E-state index contributed by atoms with van der Waals surface area (Å²) in [6.07, 6.45) is 0. The van der Waals surface area contributed by atoms with Crippen LogP contribution in [-0.4, -0.2) is 44.6 Å². The Bertz CT molecular complexity index is 1140. The quantitative estimate of drug-likeness (QED) is 0.269. The molecule has 0 atom stereocenters. The van der Waals surface area contributed by atoms with Crippen LogP contribution in [0.15, 0.2) is 64.8 Å². The number of aliphatic hydroxyl groups excluding tert-OH is 1. The molecule has 0 spiro atoms. The van der Waals surface area contributed by atoms with Crippen LogP contribution in [0.5, 0.6) is 17.5 Å². The van der Waals surface area contributed by atoms with Crippen LogP contribution >= 0.6 is 12.2 Å². The van der Waals surface area contributed by atoms with E-state index in [4.69, 9.17) is 22.1 Å². The van der Waals surface area contributed by atoms with Crippen molar-refractivity contribution in [1.82, 2.24) is 4.57 Å². The molecule has 3 rings (SSSR count). The Morgan fingerprint density at radius 3 is 2.50 bits per heavy atom. The van der Waals surface area contributed by atoms with Crippen molar-refractivity contribution >= 4 is 40.3 Å². The molecule has 1 heterocycles. The standard InChI is InChI=1S/C21H21N5O5S/c1-31-14-8-6-13(7-9-14)22-21(32)25-24-19(29)15-4-2-3-5-16(15)23-17-12-18(28)26(10-11-27)20(17)30/h2-9,12,23,27-28,30H,10-11H2,1H3,(H,22,32). The van der Waals surface area contributed by atoms with Gasteiger partial charge in [-0.05, 0) is 48.6 Å². The van der Waals surface area contributed by atoms with E-state index in [0.29, 0.717) is 17.1 Å². The zero-order valence-corrected chi connectivity index (χ0v) is 17.8. The van der Waals surface area contributed by atoms with E-state index in [0.717, 1.165) is 4.57 Å². The number of nitrogens with one attached hydrogen (secondary N) is 2. The molecule has 0 radical (unpaired) electrons. The third-order valence-electron chi connectivity index (χ3n) is 4.37. The van der Waals surface area contributed by atoms with Crippen molar-refractivity contribution in [3.05, 3.63) is 60.2 Å². The number of rotatable bonds is 7. The highest BCUT2D eigenvalue weighted by Gasteiger charge is 2.17. The topological polar surface area (TPSA) is 141 Å². The van der Waals surface area contributed by atoms with Crippen LogP contribution in [0, 0.1) is 0 Å². The minimum atomic E-state index is -0.662. The minimum absolute atomic E-state index is 0.00222. The van der Waals surface area contributed by atoms with Gasteiger partial charge in [0.15, 0.2) is 5.88 Å². The Kier molecular flexibility index (Phi) is 7.37. The summed E-state index contributed by atoms with van der Waals surface area (Å²) in [5, 5.41) is 42.4. The lowest BCUT2D eigenvalue weighted by molar-refractivity contribution is 0.0996. The smallest absolute Gasteiger partial charge is 0.297 e. The monoisotopic (exact) mass is 455 g/mol. The van der Waals surface area contributed by atoms with Crippen molar-refractivity contribution in [2.24, 2.45) is 10.2 Å². The van der Waals surface area contributed by atoms with Gasteiger partial charge in [0, 0.05) is 11.8 Å². The van der Waals surface area contributed by atoms with E-state index < -0.39 is 5.91 Å². The average molecular weight is 455 g/mol. The first-order chi connectivity index (χ1) is 15.4. The fraction of sp³-hybridized carbons (Fsp3) is 0.143. The number of para-hydroxylation sites is 1. The molecule has 1 aromatic heterocycles. The number of amides is 1. The van der Waals surface area contributed by atoms with Gasteiger partial charge in [0.1, 0.15) is 11.4 Å². The van der Waals surface area contributed by atoms with Crippen molar-refractivity contribution in [2.45, 2.75) is 6.54 Å². The van der Waals surface area contributed by atoms with E-state index in [1.54, 1.807) is 49.6 Å². The number of ether oxygens (including phenoxy) is 1. The van der Waals surface area contributed by atoms with Gasteiger partial charge in [-0.15, -0.1) is 10.2 Å². The lowest BCUT2D eigenvalue weighted by Gasteiger charge is -2.09. The van der Waals surface area contributed by atoms with Crippen LogP contribution < -0.4 is 15.4 Å². The highest BCUT2D eigenvalue weighted by atomic mass is 32.1. The number of aromatic hydroxyl groups is 2. The molecule has 0 bridgehead atoms. The van der Waals surface area contributed by atoms with Gasteiger partial charge >= 0.3 is 0 Å². The third kappa shape index (κ3) is 5.39. The zero-order valence-electron chi connectivity index (χ0n) is 17.0. The molecule has 2 aromatic carbocycles. The third-order valence-corrected chi connectivity index (χ3v) is 4.55. The first-order valence-corrected chi connectivity index (χ1v) is 9.83. The Balaban J connectivity index is 1.72. The number of benzene rings is 2. The second-order valence-electron chi connectivity index (χ2n) is 6.45. The van der Waals surface area contributed by atoms with Gasteiger partial charge in [0.05, 0.1) is 31.5 Å². The summed E-state index contributed by atoms with van der Waals surface area (Å²) in [6.45, 7) is -0.262. The molecule has 0 aliphatic rings. The zero-order chi connectivity index (χ0) is 23.1. The van der Waals surface area contributed by atoms with Crippen molar-refractivity contribution in [2.75, 3.05) is 24.4 Å². The van der Waals surface area contributed by atoms with Crippen LogP contribution in [0.3, 0.4) is 0 Å². The number of anilines is 3. The Hall–Kier alpha value is -3.96. The molecule has 0 fully saturated rings. The van der Waals surface area contributed by atoms with Crippen molar-refractivity contribution in [1.29, 1.82) is 0 Å². The summed E-state index contributed by atoms with van der Waals surface area (Å²) < 4.78 is 6.21. The second kappa shape index (κ2) is 10.4. The van der Waals surface area contributed by atoms with Gasteiger partial charge in [0.25, 0.3) is 5.91 Å². The summed E-state index contributed by atoms with van der Waals surface area (Å²) >= 11 is 5.11. The first kappa shape index (κ1) is 22.7. The highest BCUT2D eigenvalue weighted by Crippen LogP contribution is 2.35. The van der Waals surface area contributed by atoms with Gasteiger partial charge in [-0.1, -0.05) is 12.1 Å². The largest absolute Gasteiger partial charge is 0.497 e. The summed E-state index contributed by atoms with van der Waals surface area (Å²) in [5.74, 6) is -0.498. The lowest BCUT2D eigenvalue weighted by Crippen LogP contribution is -2.07. The van der Waals surface area contributed by atoms with Crippen molar-refractivity contribution in [3.63, 3.8) is 0 Å². The number of thiocarbonyl (C=S) groups is 1. The maximum Gasteiger partial charge on any atom is 0.297 e. The van der Waals surface area contributed by atoms with Crippen molar-refractivity contribution < 1.29 is 24.9 Å². The van der Waals surface area contributed by atoms with Gasteiger partial charge in [0.2, 0.25) is 11.0 Å². The molecule has 10 nitrogen and oxygen atoms in total. The number of hydrogen-bond donors (Lipinski definition) is 5. The molecule has 32 heavy (non-hydrogen) atoms. The number of methoxy groups -OCH3 is 1. The SMILES string of the molecule is COc1ccc(NC(=S)N=NC(=O)c2ccccc2Nc2cc(O)n(CCO)c2O)cc1. The normalized spacial score (nSPS) is 10.8. The summed E-state index contributed by atoms with van der Waals surface area (Å²) in [4.78, 5) is 12.6. The minimum Gasteiger partial charge on any atom is -0.497 e. The van der Waals surface area contributed by atoms with Crippen LogP contribution in [0.25, 0.3) is 0 Å². The Morgan fingerprint density at radius 2 is 1.81 bits per heavy atom. The molecular formula is C21H21N5O5S. The summed E-state index contributed by atoms with van der Waals surface area (Å²) in [5.41, 5.74) is 1.33. The predicted molar refractivity (Wildman–Crippen MR) is 123 cm³/mol. The molecule has 0 aliphatic carbocycles. The molecule has 0 saturated heterocycles. The molecule has 0 saturated carbocycles. The lowest BCUT2D eigenvalue weighted by atomic mass is 10.1. The number of hydrogen-bond acceptors (Lipinski definition) is 7. The fourth-order valence-electron chi connectivity index (χ4n) is 2.83. The number of nitrogens with zero attached hydrogens (tertiary/aromatic N) is 3. The van der Waals surface area contributed by atoms with Gasteiger partial charge in [-0.2, -0.15) is 0 Å². The van der Waals surface area contributed by atoms with E-state index in [-0.39, 0.29) is 41.3 Å². The van der Waals surface area contributed by atoms with Crippen molar-refractivity contribution in [3.8, 4) is 17.5 Å². The molecule has 11 heteroatoms. The molecule has 5 N–H and O–H groups in total. The summed E-state index contributed by atoms with van der Waals surface area (Å²) in [6, 6.07) is 14.7. The van der Waals surface area contributed by atoms with Crippen LogP contribution in [0.1, 0.15) is 10.4 Å². The van der Waals surface area contributed by atoms with E-state index >= 15 is 0 Å². The molecular weight excluding hydrogens is 434 g/mol. The predicted octanol–water partition coefficient (Wildman–Crippen LogP) is 3.63. The van der Waals surface area contributed by atoms with E-state index in [2.05, 4.69) is 20.9 Å². The second-order valence-corrected chi connectivity index (χ2v) is 6.84. The Morgan fingerprint density at radius 1 is 1.09 bits per heavy atom. The van der Waals surface area contributed by atoms with Gasteiger partial charge < -0.3 is 30.7 Å². The number of aliphatic hydroxyl groups is 1.